The van der Waals surface area contributed by atoms with Crippen LogP contribution in [0.5, 0.6) is 5.75 Å². The fourth-order valence-electron chi connectivity index (χ4n) is 2.26. The van der Waals surface area contributed by atoms with Crippen molar-refractivity contribution in [2.45, 2.75) is 18.9 Å². The highest BCUT2D eigenvalue weighted by molar-refractivity contribution is 5.92. The van der Waals surface area contributed by atoms with E-state index in [4.69, 9.17) is 20.3 Å². The first-order valence-electron chi connectivity index (χ1n) is 7.99. The molecule has 1 amide bonds. The van der Waals surface area contributed by atoms with Gasteiger partial charge in [-0.3, -0.25) is 4.79 Å². The normalized spacial score (nSPS) is 15.8. The molecule has 6 heteroatoms. The molecule has 0 spiro atoms. The summed E-state index contributed by atoms with van der Waals surface area (Å²) in [5, 5.41) is 8.72. The topological polar surface area (TPSA) is 98.9 Å². The summed E-state index contributed by atoms with van der Waals surface area (Å²) in [6.07, 6.45) is 2.30. The molecule has 0 saturated carbocycles. The quantitative estimate of drug-likeness (QED) is 0.870. The van der Waals surface area contributed by atoms with Crippen LogP contribution in [0, 0.1) is 0 Å². The van der Waals surface area contributed by atoms with Gasteiger partial charge in [0.25, 0.3) is 0 Å². The highest BCUT2D eigenvalue weighted by Crippen LogP contribution is 2.16. The number of ether oxygens (including phenoxy) is 2. The third-order valence-corrected chi connectivity index (χ3v) is 3.62. The predicted molar refractivity (Wildman–Crippen MR) is 92.8 cm³/mol. The average molecular weight is 343 g/mol. The van der Waals surface area contributed by atoms with Crippen LogP contribution in [-0.2, 0) is 4.74 Å². The number of carbonyl (C=O) groups excluding carboxylic acids is 1. The Kier molecular flexibility index (Phi) is 6.98. The van der Waals surface area contributed by atoms with E-state index in [2.05, 4.69) is 0 Å². The third-order valence-electron chi connectivity index (χ3n) is 3.62. The zero-order valence-electron chi connectivity index (χ0n) is 13.8. The van der Waals surface area contributed by atoms with E-state index in [1.165, 1.54) is 12.1 Å². The fraction of sp³-hybridized carbons (Fsp3) is 0.263. The Hall–Kier alpha value is -2.86. The van der Waals surface area contributed by atoms with Gasteiger partial charge in [-0.1, -0.05) is 18.2 Å². The molecular weight excluding hydrogens is 322 g/mol. The zero-order valence-corrected chi connectivity index (χ0v) is 13.8. The van der Waals surface area contributed by atoms with Gasteiger partial charge < -0.3 is 20.3 Å². The summed E-state index contributed by atoms with van der Waals surface area (Å²) < 4.78 is 10.9. The molecule has 2 aromatic carbocycles. The van der Waals surface area contributed by atoms with E-state index < -0.39 is 5.97 Å². The Labute approximate surface area is 146 Å². The number of rotatable bonds is 5. The van der Waals surface area contributed by atoms with Crippen LogP contribution in [0.4, 0.5) is 0 Å². The monoisotopic (exact) mass is 343 g/mol. The van der Waals surface area contributed by atoms with Crippen LogP contribution in [0.25, 0.3) is 0 Å². The molecule has 1 fully saturated rings. The first-order valence-corrected chi connectivity index (χ1v) is 7.99. The van der Waals surface area contributed by atoms with Crippen LogP contribution in [0.3, 0.4) is 0 Å². The summed E-state index contributed by atoms with van der Waals surface area (Å²) in [6.45, 7) is 1.35. The number of amides is 1. The minimum Gasteiger partial charge on any atom is -0.491 e. The lowest BCUT2D eigenvalue weighted by Crippen LogP contribution is -2.16. The highest BCUT2D eigenvalue weighted by Gasteiger charge is 2.15. The van der Waals surface area contributed by atoms with E-state index >= 15 is 0 Å². The van der Waals surface area contributed by atoms with Crippen molar-refractivity contribution in [2.24, 2.45) is 5.73 Å². The van der Waals surface area contributed by atoms with Crippen molar-refractivity contribution in [2.75, 3.05) is 13.2 Å². The number of carboxylic acids is 1. The van der Waals surface area contributed by atoms with Crippen molar-refractivity contribution in [3.05, 3.63) is 65.7 Å². The Balaban J connectivity index is 0.000000212. The lowest BCUT2D eigenvalue weighted by molar-refractivity contribution is 0.0675. The molecule has 0 unspecified atom stereocenters. The Morgan fingerprint density at radius 1 is 1.08 bits per heavy atom. The molecule has 1 aliphatic heterocycles. The summed E-state index contributed by atoms with van der Waals surface area (Å²) in [5.41, 5.74) is 5.80. The summed E-state index contributed by atoms with van der Waals surface area (Å²) in [4.78, 5) is 21.0. The van der Waals surface area contributed by atoms with Crippen molar-refractivity contribution < 1.29 is 24.2 Å². The number of hydrogen-bond acceptors (Lipinski definition) is 4. The number of carboxylic acid groups (broad SMARTS) is 1. The van der Waals surface area contributed by atoms with E-state index in [9.17, 15) is 9.59 Å². The van der Waals surface area contributed by atoms with Gasteiger partial charge in [0, 0.05) is 12.2 Å². The predicted octanol–water partition coefficient (Wildman–Crippen LogP) is 2.73. The second kappa shape index (κ2) is 9.44. The third kappa shape index (κ3) is 6.27. The lowest BCUT2D eigenvalue weighted by atomic mass is 10.2. The number of aromatic carboxylic acids is 1. The molecule has 0 bridgehead atoms. The van der Waals surface area contributed by atoms with Crippen LogP contribution in [0.1, 0.15) is 33.6 Å². The fourth-order valence-corrected chi connectivity index (χ4v) is 2.26. The molecule has 2 aromatic rings. The smallest absolute Gasteiger partial charge is 0.335 e. The van der Waals surface area contributed by atoms with E-state index in [0.29, 0.717) is 17.9 Å². The molecule has 3 N–H and O–H groups in total. The van der Waals surface area contributed by atoms with Crippen molar-refractivity contribution in [1.29, 1.82) is 0 Å². The van der Waals surface area contributed by atoms with E-state index in [1.807, 2.05) is 6.07 Å². The van der Waals surface area contributed by atoms with E-state index in [0.717, 1.165) is 19.4 Å². The summed E-state index contributed by atoms with van der Waals surface area (Å²) >= 11 is 0. The molecule has 0 aromatic heterocycles. The number of hydrogen-bond donors (Lipinski definition) is 2. The second-order valence-corrected chi connectivity index (χ2v) is 5.51. The van der Waals surface area contributed by atoms with Gasteiger partial charge in [-0.15, -0.1) is 0 Å². The maximum Gasteiger partial charge on any atom is 0.335 e. The van der Waals surface area contributed by atoms with Gasteiger partial charge in [-0.05, 0) is 49.2 Å². The SMILES string of the molecule is NC(=O)c1ccccc1.O=C(O)c1ccc(OC[C@@H]2CCCO2)cc1. The first kappa shape index (κ1) is 18.5. The lowest BCUT2D eigenvalue weighted by Gasteiger charge is -2.11. The number of primary amides is 1. The molecule has 1 saturated heterocycles. The van der Waals surface area contributed by atoms with Crippen molar-refractivity contribution >= 4 is 11.9 Å². The molecule has 25 heavy (non-hydrogen) atoms. The standard InChI is InChI=1S/C12H14O4.C7H7NO/c13-12(14)9-3-5-10(6-4-9)16-8-11-2-1-7-15-11;8-7(9)6-4-2-1-3-5-6/h3-6,11H,1-2,7-8H2,(H,13,14);1-5H,(H2,8,9)/t11-;/m0./s1. The van der Waals surface area contributed by atoms with Gasteiger partial charge in [-0.2, -0.15) is 0 Å². The van der Waals surface area contributed by atoms with Crippen molar-refractivity contribution in [1.82, 2.24) is 0 Å². The van der Waals surface area contributed by atoms with Crippen molar-refractivity contribution in [3.8, 4) is 5.75 Å². The first-order chi connectivity index (χ1) is 12.1. The molecule has 0 radical (unpaired) electrons. The molecule has 6 nitrogen and oxygen atoms in total. The van der Waals surface area contributed by atoms with Gasteiger partial charge in [0.05, 0.1) is 11.7 Å². The maximum atomic E-state index is 10.6. The van der Waals surface area contributed by atoms with Gasteiger partial charge in [0.2, 0.25) is 5.91 Å². The minimum absolute atomic E-state index is 0.180. The van der Waals surface area contributed by atoms with Gasteiger partial charge in [-0.25, -0.2) is 4.79 Å². The molecular formula is C19H21NO5. The summed E-state index contributed by atoms with van der Waals surface area (Å²) in [6, 6.07) is 15.2. The zero-order chi connectivity index (χ0) is 18.1. The van der Waals surface area contributed by atoms with E-state index in [-0.39, 0.29) is 17.6 Å². The summed E-state index contributed by atoms with van der Waals surface area (Å²) in [7, 11) is 0. The Morgan fingerprint density at radius 3 is 2.24 bits per heavy atom. The van der Waals surface area contributed by atoms with Crippen LogP contribution in [0.2, 0.25) is 0 Å². The molecule has 1 atom stereocenters. The molecule has 132 valence electrons. The van der Waals surface area contributed by atoms with E-state index in [1.54, 1.807) is 36.4 Å². The largest absolute Gasteiger partial charge is 0.491 e. The number of carbonyl (C=O) groups is 2. The second-order valence-electron chi connectivity index (χ2n) is 5.51. The van der Waals surface area contributed by atoms with Gasteiger partial charge >= 0.3 is 5.97 Å². The van der Waals surface area contributed by atoms with Crippen LogP contribution >= 0.6 is 0 Å². The Bertz CT molecular complexity index is 679. The minimum atomic E-state index is -0.925. The van der Waals surface area contributed by atoms with Gasteiger partial charge in [0.15, 0.2) is 0 Å². The molecule has 3 rings (SSSR count). The molecule has 1 aliphatic rings. The van der Waals surface area contributed by atoms with Crippen LogP contribution in [-0.4, -0.2) is 36.3 Å². The van der Waals surface area contributed by atoms with Gasteiger partial charge in [0.1, 0.15) is 12.4 Å². The Morgan fingerprint density at radius 2 is 1.76 bits per heavy atom. The van der Waals surface area contributed by atoms with Crippen molar-refractivity contribution in [3.63, 3.8) is 0 Å². The average Bonchev–Trinajstić information content (AvgIpc) is 3.15. The molecule has 1 heterocycles. The summed E-state index contributed by atoms with van der Waals surface area (Å²) in [5.74, 6) is -0.623. The number of nitrogens with two attached hydrogens (primary N) is 1. The maximum absolute atomic E-state index is 10.6. The van der Waals surface area contributed by atoms with Crippen LogP contribution < -0.4 is 10.5 Å². The highest BCUT2D eigenvalue weighted by atomic mass is 16.5. The number of benzene rings is 2. The molecule has 0 aliphatic carbocycles. The van der Waals surface area contributed by atoms with Crippen LogP contribution in [0.15, 0.2) is 54.6 Å².